The van der Waals surface area contributed by atoms with Gasteiger partial charge in [-0.05, 0) is 55.6 Å². The molecule has 0 spiro atoms. The first-order valence-corrected chi connectivity index (χ1v) is 6.67. The Morgan fingerprint density at radius 2 is 2.12 bits per heavy atom. The second-order valence-electron chi connectivity index (χ2n) is 5.89. The molecule has 0 aromatic heterocycles. The number of benzene rings is 1. The van der Waals surface area contributed by atoms with Crippen LogP contribution in [0.3, 0.4) is 0 Å². The van der Waals surface area contributed by atoms with Crippen molar-refractivity contribution in [3.05, 3.63) is 35.1 Å². The minimum atomic E-state index is -0.125. The van der Waals surface area contributed by atoms with Crippen molar-refractivity contribution in [2.75, 3.05) is 0 Å². The molecule has 2 N–H and O–H groups in total. The number of halogens is 1. The van der Waals surface area contributed by atoms with E-state index in [4.69, 9.17) is 5.73 Å². The Kier molecular flexibility index (Phi) is 2.70. The van der Waals surface area contributed by atoms with Crippen LogP contribution in [0.4, 0.5) is 4.39 Å². The van der Waals surface area contributed by atoms with E-state index < -0.39 is 0 Å². The van der Waals surface area contributed by atoms with Crippen molar-refractivity contribution in [1.29, 1.82) is 0 Å². The first-order chi connectivity index (χ1) is 8.15. The number of hydrogen-bond donors (Lipinski definition) is 1. The fraction of sp³-hybridized carbons (Fsp3) is 0.600. The number of nitrogens with two attached hydrogens (primary N) is 1. The molecule has 0 heterocycles. The molecule has 2 fully saturated rings. The fourth-order valence-corrected chi connectivity index (χ4v) is 3.87. The fourth-order valence-electron chi connectivity index (χ4n) is 3.87. The summed E-state index contributed by atoms with van der Waals surface area (Å²) in [5, 5.41) is 0. The summed E-state index contributed by atoms with van der Waals surface area (Å²) in [5.41, 5.74) is 7.98. The summed E-state index contributed by atoms with van der Waals surface area (Å²) < 4.78 is 13.9. The molecule has 1 aromatic rings. The summed E-state index contributed by atoms with van der Waals surface area (Å²) in [7, 11) is 0. The van der Waals surface area contributed by atoms with E-state index in [2.05, 4.69) is 0 Å². The monoisotopic (exact) mass is 233 g/mol. The second-order valence-corrected chi connectivity index (χ2v) is 5.89. The van der Waals surface area contributed by atoms with Gasteiger partial charge in [-0.1, -0.05) is 18.6 Å². The third-order valence-electron chi connectivity index (χ3n) is 4.77. The van der Waals surface area contributed by atoms with Crippen molar-refractivity contribution in [3.63, 3.8) is 0 Å². The molecular weight excluding hydrogens is 213 g/mol. The van der Waals surface area contributed by atoms with Gasteiger partial charge in [0.15, 0.2) is 0 Å². The van der Waals surface area contributed by atoms with Crippen LogP contribution in [0.2, 0.25) is 0 Å². The van der Waals surface area contributed by atoms with E-state index in [1.54, 1.807) is 6.07 Å². The first kappa shape index (κ1) is 11.2. The van der Waals surface area contributed by atoms with Gasteiger partial charge in [-0.3, -0.25) is 0 Å². The van der Waals surface area contributed by atoms with Gasteiger partial charge in [-0.15, -0.1) is 0 Å². The Balaban J connectivity index is 1.84. The normalized spacial score (nSPS) is 33.0. The standard InChI is InChI=1S/C15H20FN/c1-9-2-5-12(14(16)6-9)15(17)13-8-10-3-4-11(13)7-10/h2,5-6,10-11,13,15H,3-4,7-8,17H2,1H3. The van der Waals surface area contributed by atoms with Crippen LogP contribution in [0, 0.1) is 30.5 Å². The zero-order valence-electron chi connectivity index (χ0n) is 10.3. The van der Waals surface area contributed by atoms with E-state index in [-0.39, 0.29) is 11.9 Å². The van der Waals surface area contributed by atoms with E-state index >= 15 is 0 Å². The molecule has 0 aliphatic heterocycles. The van der Waals surface area contributed by atoms with E-state index in [1.807, 2.05) is 19.1 Å². The van der Waals surface area contributed by atoms with Crippen LogP contribution >= 0.6 is 0 Å². The van der Waals surface area contributed by atoms with Crippen LogP contribution in [-0.2, 0) is 0 Å². The van der Waals surface area contributed by atoms with Gasteiger partial charge in [0.2, 0.25) is 0 Å². The highest BCUT2D eigenvalue weighted by Crippen LogP contribution is 2.52. The maximum absolute atomic E-state index is 13.9. The molecule has 2 bridgehead atoms. The lowest BCUT2D eigenvalue weighted by Crippen LogP contribution is -2.26. The molecule has 1 aromatic carbocycles. The third kappa shape index (κ3) is 1.89. The summed E-state index contributed by atoms with van der Waals surface area (Å²) in [6, 6.07) is 5.33. The average Bonchev–Trinajstić information content (AvgIpc) is 2.89. The van der Waals surface area contributed by atoms with E-state index in [1.165, 1.54) is 25.7 Å². The molecule has 92 valence electrons. The molecule has 1 nitrogen and oxygen atoms in total. The molecular formula is C15H20FN. The molecule has 0 radical (unpaired) electrons. The third-order valence-corrected chi connectivity index (χ3v) is 4.77. The summed E-state index contributed by atoms with van der Waals surface area (Å²) in [4.78, 5) is 0. The second kappa shape index (κ2) is 4.09. The van der Waals surface area contributed by atoms with Crippen LogP contribution in [0.25, 0.3) is 0 Å². The number of aryl methyl sites for hydroxylation is 1. The molecule has 4 atom stereocenters. The van der Waals surface area contributed by atoms with Gasteiger partial charge in [0, 0.05) is 11.6 Å². The molecule has 3 rings (SSSR count). The SMILES string of the molecule is Cc1ccc(C(N)C2CC3CCC2C3)c(F)c1. The van der Waals surface area contributed by atoms with Crippen molar-refractivity contribution in [3.8, 4) is 0 Å². The topological polar surface area (TPSA) is 26.0 Å². The summed E-state index contributed by atoms with van der Waals surface area (Å²) in [6.45, 7) is 1.91. The number of rotatable bonds is 2. The van der Waals surface area contributed by atoms with E-state index in [0.717, 1.165) is 17.4 Å². The van der Waals surface area contributed by atoms with Crippen LogP contribution in [-0.4, -0.2) is 0 Å². The molecule has 0 amide bonds. The maximum atomic E-state index is 13.9. The lowest BCUT2D eigenvalue weighted by atomic mass is 9.80. The molecule has 2 saturated carbocycles. The van der Waals surface area contributed by atoms with Crippen molar-refractivity contribution in [1.82, 2.24) is 0 Å². The van der Waals surface area contributed by atoms with Gasteiger partial charge in [0.1, 0.15) is 5.82 Å². The highest BCUT2D eigenvalue weighted by molar-refractivity contribution is 5.27. The summed E-state index contributed by atoms with van der Waals surface area (Å²) in [6.07, 6.45) is 5.20. The highest BCUT2D eigenvalue weighted by Gasteiger charge is 2.42. The largest absolute Gasteiger partial charge is 0.324 e. The number of hydrogen-bond acceptors (Lipinski definition) is 1. The molecule has 2 aliphatic carbocycles. The molecule has 2 aliphatic rings. The van der Waals surface area contributed by atoms with E-state index in [9.17, 15) is 4.39 Å². The first-order valence-electron chi connectivity index (χ1n) is 6.67. The Morgan fingerprint density at radius 1 is 1.29 bits per heavy atom. The van der Waals surface area contributed by atoms with Crippen molar-refractivity contribution >= 4 is 0 Å². The molecule has 2 heteroatoms. The van der Waals surface area contributed by atoms with Gasteiger partial charge < -0.3 is 5.73 Å². The zero-order chi connectivity index (χ0) is 12.0. The Morgan fingerprint density at radius 3 is 2.71 bits per heavy atom. The van der Waals surface area contributed by atoms with Crippen molar-refractivity contribution in [2.24, 2.45) is 23.5 Å². The van der Waals surface area contributed by atoms with Gasteiger partial charge in [-0.2, -0.15) is 0 Å². The molecule has 0 saturated heterocycles. The lowest BCUT2D eigenvalue weighted by Gasteiger charge is -2.28. The number of fused-ring (bicyclic) bond motifs is 2. The quantitative estimate of drug-likeness (QED) is 0.830. The lowest BCUT2D eigenvalue weighted by molar-refractivity contribution is 0.280. The molecule has 4 unspecified atom stereocenters. The smallest absolute Gasteiger partial charge is 0.128 e. The maximum Gasteiger partial charge on any atom is 0.128 e. The Hall–Kier alpha value is -0.890. The summed E-state index contributed by atoms with van der Waals surface area (Å²) >= 11 is 0. The van der Waals surface area contributed by atoms with Gasteiger partial charge in [-0.25, -0.2) is 4.39 Å². The van der Waals surface area contributed by atoms with Gasteiger partial charge in [0.25, 0.3) is 0 Å². The minimum absolute atomic E-state index is 0.106. The highest BCUT2D eigenvalue weighted by atomic mass is 19.1. The molecule has 17 heavy (non-hydrogen) atoms. The zero-order valence-corrected chi connectivity index (χ0v) is 10.3. The van der Waals surface area contributed by atoms with Crippen molar-refractivity contribution in [2.45, 2.75) is 38.6 Å². The average molecular weight is 233 g/mol. The van der Waals surface area contributed by atoms with Crippen LogP contribution < -0.4 is 5.73 Å². The van der Waals surface area contributed by atoms with Gasteiger partial charge >= 0.3 is 0 Å². The van der Waals surface area contributed by atoms with Gasteiger partial charge in [0.05, 0.1) is 0 Å². The van der Waals surface area contributed by atoms with Crippen molar-refractivity contribution < 1.29 is 4.39 Å². The predicted molar refractivity (Wildman–Crippen MR) is 67.0 cm³/mol. The Labute approximate surface area is 102 Å². The predicted octanol–water partition coefficient (Wildman–Crippen LogP) is 3.57. The Bertz CT molecular complexity index is 429. The van der Waals surface area contributed by atoms with Crippen LogP contribution in [0.1, 0.15) is 42.9 Å². The van der Waals surface area contributed by atoms with Crippen LogP contribution in [0.15, 0.2) is 18.2 Å². The summed E-state index contributed by atoms with van der Waals surface area (Å²) in [5.74, 6) is 1.99. The van der Waals surface area contributed by atoms with Crippen LogP contribution in [0.5, 0.6) is 0 Å². The minimum Gasteiger partial charge on any atom is -0.324 e. The van der Waals surface area contributed by atoms with E-state index in [0.29, 0.717) is 11.5 Å².